The van der Waals surface area contributed by atoms with E-state index in [1.165, 1.54) is 72.4 Å². The highest BCUT2D eigenvalue weighted by Gasteiger charge is 2.38. The second kappa shape index (κ2) is 12.3. The molecular formula is C54H46N4. The van der Waals surface area contributed by atoms with Crippen molar-refractivity contribution in [2.45, 2.75) is 70.6 Å². The number of fused-ring (bicyclic) bond motifs is 8. The Labute approximate surface area is 340 Å². The highest BCUT2D eigenvalue weighted by atomic mass is 15.0. The van der Waals surface area contributed by atoms with Crippen LogP contribution in [0.25, 0.3) is 83.6 Å². The number of hydrogen-bond acceptors (Lipinski definition) is 3. The first kappa shape index (κ1) is 34.8. The summed E-state index contributed by atoms with van der Waals surface area (Å²) in [6.45, 7) is 14.3. The van der Waals surface area contributed by atoms with Crippen LogP contribution in [0.3, 0.4) is 0 Å². The predicted molar refractivity (Wildman–Crippen MR) is 241 cm³/mol. The Morgan fingerprint density at radius 3 is 1.71 bits per heavy atom. The van der Waals surface area contributed by atoms with Crippen molar-refractivity contribution in [3.63, 3.8) is 0 Å². The van der Waals surface area contributed by atoms with E-state index in [2.05, 4.69) is 174 Å². The Hall–Kier alpha value is -6.39. The minimum atomic E-state index is -0.133. The third-order valence-electron chi connectivity index (χ3n) is 13.5. The molecular weight excluding hydrogens is 705 g/mol. The van der Waals surface area contributed by atoms with Crippen LogP contribution in [0.2, 0.25) is 0 Å². The van der Waals surface area contributed by atoms with Crippen molar-refractivity contribution in [2.75, 3.05) is 0 Å². The summed E-state index contributed by atoms with van der Waals surface area (Å²) in [7, 11) is 0. The molecule has 0 unspecified atom stereocenters. The van der Waals surface area contributed by atoms with E-state index in [4.69, 9.17) is 15.0 Å². The van der Waals surface area contributed by atoms with Gasteiger partial charge >= 0.3 is 0 Å². The summed E-state index contributed by atoms with van der Waals surface area (Å²) in [5.74, 6) is 1.98. The molecule has 282 valence electrons. The molecule has 4 nitrogen and oxygen atoms in total. The second-order valence-electron chi connectivity index (χ2n) is 18.4. The van der Waals surface area contributed by atoms with E-state index in [1.54, 1.807) is 0 Å². The Morgan fingerprint density at radius 2 is 0.966 bits per heavy atom. The molecule has 2 heterocycles. The highest BCUT2D eigenvalue weighted by molar-refractivity contribution is 6.14. The molecule has 2 aliphatic rings. The van der Waals surface area contributed by atoms with Gasteiger partial charge in [-0.05, 0) is 110 Å². The Morgan fingerprint density at radius 1 is 0.414 bits per heavy atom. The lowest BCUT2D eigenvalue weighted by molar-refractivity contribution is 0.332. The van der Waals surface area contributed by atoms with Crippen molar-refractivity contribution in [3.8, 4) is 51.0 Å². The summed E-state index contributed by atoms with van der Waals surface area (Å²) in [6.07, 6.45) is 2.34. The zero-order chi connectivity index (χ0) is 39.6. The standard InChI is InChI=1S/C54H46N4/c1-52(2)25-26-53(3,4)46-32-48-42(31-45(46)52)41-28-34-17-10-11-18-35(34)30-47(41)58(48)38-20-14-19-36(27-38)50-55-49(33-15-8-7-9-16-33)56-51(57-50)37-23-24-40-39-21-12-13-22-43(39)54(5,6)44(40)29-37/h7-24,27-32H,25-26H2,1-6H3. The maximum atomic E-state index is 5.27. The van der Waals surface area contributed by atoms with Crippen molar-refractivity contribution in [3.05, 3.63) is 168 Å². The second-order valence-corrected chi connectivity index (χ2v) is 18.4. The fraction of sp³-hybridized carbons (Fsp3) is 0.204. The molecule has 9 aromatic rings. The third-order valence-corrected chi connectivity index (χ3v) is 13.5. The summed E-state index contributed by atoms with van der Waals surface area (Å²) in [6, 6.07) is 53.0. The molecule has 0 spiro atoms. The fourth-order valence-electron chi connectivity index (χ4n) is 10.0. The van der Waals surface area contributed by atoms with Crippen LogP contribution in [0.1, 0.15) is 76.6 Å². The molecule has 0 atom stereocenters. The van der Waals surface area contributed by atoms with Crippen LogP contribution in [0.15, 0.2) is 146 Å². The van der Waals surface area contributed by atoms with Gasteiger partial charge in [-0.3, -0.25) is 0 Å². The minimum absolute atomic E-state index is 0.0809. The van der Waals surface area contributed by atoms with Gasteiger partial charge in [0.05, 0.1) is 11.0 Å². The highest BCUT2D eigenvalue weighted by Crippen LogP contribution is 2.51. The molecule has 4 heteroatoms. The number of hydrogen-bond donors (Lipinski definition) is 0. The SMILES string of the molecule is CC1(C)CCC(C)(C)c2cc3c(cc21)c1cc2ccccc2cc1n3-c1cccc(-c2nc(-c3ccccc3)nc(-c3ccc4c(c3)C(C)(C)c3ccccc3-4)n2)c1. The lowest BCUT2D eigenvalue weighted by Crippen LogP contribution is -2.33. The lowest BCUT2D eigenvalue weighted by atomic mass is 9.63. The van der Waals surface area contributed by atoms with E-state index in [-0.39, 0.29) is 16.2 Å². The Balaban J connectivity index is 1.12. The Bertz CT molecular complexity index is 3150. The quantitative estimate of drug-likeness (QED) is 0.180. The summed E-state index contributed by atoms with van der Waals surface area (Å²) in [4.78, 5) is 15.6. The number of rotatable bonds is 4. The topological polar surface area (TPSA) is 43.6 Å². The van der Waals surface area contributed by atoms with E-state index >= 15 is 0 Å². The van der Waals surface area contributed by atoms with Crippen molar-refractivity contribution in [1.29, 1.82) is 0 Å². The molecule has 0 saturated heterocycles. The zero-order valence-electron chi connectivity index (χ0n) is 34.1. The van der Waals surface area contributed by atoms with Crippen molar-refractivity contribution in [1.82, 2.24) is 19.5 Å². The predicted octanol–water partition coefficient (Wildman–Crippen LogP) is 13.8. The lowest BCUT2D eigenvalue weighted by Gasteiger charge is -2.42. The van der Waals surface area contributed by atoms with E-state index in [0.29, 0.717) is 17.5 Å². The average Bonchev–Trinajstić information content (AvgIpc) is 3.68. The Kier molecular flexibility index (Phi) is 7.39. The molecule has 0 amide bonds. The van der Waals surface area contributed by atoms with E-state index in [0.717, 1.165) is 28.8 Å². The van der Waals surface area contributed by atoms with Crippen LogP contribution in [0, 0.1) is 0 Å². The molecule has 0 saturated carbocycles. The van der Waals surface area contributed by atoms with Gasteiger partial charge in [-0.2, -0.15) is 0 Å². The summed E-state index contributed by atoms with van der Waals surface area (Å²) in [5.41, 5.74) is 14.6. The maximum absolute atomic E-state index is 5.27. The first-order valence-corrected chi connectivity index (χ1v) is 20.7. The number of benzene rings is 7. The number of aromatic nitrogens is 4. The molecule has 58 heavy (non-hydrogen) atoms. The first-order chi connectivity index (χ1) is 28.0. The third kappa shape index (κ3) is 5.24. The minimum Gasteiger partial charge on any atom is -0.309 e. The van der Waals surface area contributed by atoms with Crippen LogP contribution >= 0.6 is 0 Å². The maximum Gasteiger partial charge on any atom is 0.164 e. The van der Waals surface area contributed by atoms with Crippen LogP contribution in [-0.2, 0) is 16.2 Å². The summed E-state index contributed by atoms with van der Waals surface area (Å²) < 4.78 is 2.47. The van der Waals surface area contributed by atoms with Crippen molar-refractivity contribution in [2.24, 2.45) is 0 Å². The van der Waals surface area contributed by atoms with Crippen LogP contribution in [-0.4, -0.2) is 19.5 Å². The van der Waals surface area contributed by atoms with Gasteiger partial charge in [0.1, 0.15) is 0 Å². The summed E-state index contributed by atoms with van der Waals surface area (Å²) in [5, 5.41) is 5.06. The van der Waals surface area contributed by atoms with Gasteiger partial charge in [0.2, 0.25) is 0 Å². The van der Waals surface area contributed by atoms with Gasteiger partial charge in [0.25, 0.3) is 0 Å². The zero-order valence-corrected chi connectivity index (χ0v) is 34.1. The van der Waals surface area contributed by atoms with Gasteiger partial charge in [-0.25, -0.2) is 15.0 Å². The van der Waals surface area contributed by atoms with Gasteiger partial charge in [0, 0.05) is 38.6 Å². The van der Waals surface area contributed by atoms with Gasteiger partial charge in [-0.1, -0.05) is 145 Å². The van der Waals surface area contributed by atoms with Gasteiger partial charge < -0.3 is 4.57 Å². The molecule has 0 N–H and O–H groups in total. The normalized spacial score (nSPS) is 16.0. The average molecular weight is 751 g/mol. The number of nitrogens with zero attached hydrogens (tertiary/aromatic N) is 4. The molecule has 2 aromatic heterocycles. The molecule has 0 radical (unpaired) electrons. The van der Waals surface area contributed by atoms with Crippen LogP contribution < -0.4 is 0 Å². The van der Waals surface area contributed by atoms with Crippen LogP contribution in [0.4, 0.5) is 0 Å². The first-order valence-electron chi connectivity index (χ1n) is 20.7. The molecule has 7 aromatic carbocycles. The molecule has 0 aliphatic heterocycles. The van der Waals surface area contributed by atoms with Crippen molar-refractivity contribution < 1.29 is 0 Å². The molecule has 2 aliphatic carbocycles. The van der Waals surface area contributed by atoms with Gasteiger partial charge in [0.15, 0.2) is 17.5 Å². The van der Waals surface area contributed by atoms with Crippen molar-refractivity contribution >= 4 is 32.6 Å². The monoisotopic (exact) mass is 750 g/mol. The fourth-order valence-corrected chi connectivity index (χ4v) is 10.0. The smallest absolute Gasteiger partial charge is 0.164 e. The largest absolute Gasteiger partial charge is 0.309 e. The van der Waals surface area contributed by atoms with Crippen LogP contribution in [0.5, 0.6) is 0 Å². The van der Waals surface area contributed by atoms with E-state index < -0.39 is 0 Å². The van der Waals surface area contributed by atoms with Gasteiger partial charge in [-0.15, -0.1) is 0 Å². The van der Waals surface area contributed by atoms with E-state index in [1.807, 2.05) is 18.2 Å². The molecule has 11 rings (SSSR count). The molecule has 0 bridgehead atoms. The summed E-state index contributed by atoms with van der Waals surface area (Å²) >= 11 is 0. The molecule has 0 fully saturated rings. The van der Waals surface area contributed by atoms with E-state index in [9.17, 15) is 0 Å².